The fourth-order valence-electron chi connectivity index (χ4n) is 0.427. The van der Waals surface area contributed by atoms with Gasteiger partial charge in [0, 0.05) is 0 Å². The molecule has 0 aliphatic rings. The maximum atomic E-state index is 11.4. The van der Waals surface area contributed by atoms with Crippen molar-refractivity contribution < 1.29 is 22.3 Å². The zero-order chi connectivity index (χ0) is 15.7. The molecule has 2 amide bonds. The van der Waals surface area contributed by atoms with Crippen LogP contribution >= 0.6 is 0 Å². The highest BCUT2D eigenvalue weighted by Gasteiger charge is 2.34. The van der Waals surface area contributed by atoms with E-state index in [1.54, 1.807) is 12.4 Å². The quantitative estimate of drug-likeness (QED) is 0.543. The van der Waals surface area contributed by atoms with Gasteiger partial charge in [-0.2, -0.15) is 8.42 Å². The zero-order valence-electron chi connectivity index (χ0n) is 11.3. The highest BCUT2D eigenvalue weighted by molar-refractivity contribution is 7.88. The summed E-state index contributed by atoms with van der Waals surface area (Å²) in [4.78, 5) is 20.1. The molecule has 0 heterocycles. The van der Waals surface area contributed by atoms with E-state index in [1.807, 2.05) is 0 Å². The highest BCUT2D eigenvalue weighted by Crippen LogP contribution is 2.20. The molecule has 19 heavy (non-hydrogen) atoms. The van der Waals surface area contributed by atoms with Gasteiger partial charge in [0.25, 0.3) is 16.0 Å². The van der Waals surface area contributed by atoms with Crippen LogP contribution < -0.4 is 11.2 Å². The van der Waals surface area contributed by atoms with Gasteiger partial charge in [-0.25, -0.2) is 5.48 Å². The second-order valence-electron chi connectivity index (χ2n) is 3.93. The second kappa shape index (κ2) is 8.44. The monoisotopic (exact) mass is 292 g/mol. The molecule has 0 atom stereocenters. The van der Waals surface area contributed by atoms with E-state index >= 15 is 0 Å². The Morgan fingerprint density at radius 2 is 1.74 bits per heavy atom. The van der Waals surface area contributed by atoms with Crippen molar-refractivity contribution in [2.45, 2.75) is 31.9 Å². The molecule has 0 rings (SSSR count). The van der Waals surface area contributed by atoms with Crippen molar-refractivity contribution >= 4 is 21.9 Å². The largest absolute Gasteiger partial charge is 0.366 e. The Balaban J connectivity index is 0. The Hall–Kier alpha value is -1.67. The van der Waals surface area contributed by atoms with Crippen LogP contribution in [0.15, 0.2) is 25.3 Å². The molecule has 0 fully saturated rings. The summed E-state index contributed by atoms with van der Waals surface area (Å²) in [6, 6.07) is 0. The van der Waals surface area contributed by atoms with Crippen molar-refractivity contribution in [3.05, 3.63) is 25.3 Å². The van der Waals surface area contributed by atoms with Crippen LogP contribution in [0.2, 0.25) is 0 Å². The molecule has 0 bridgehead atoms. The van der Waals surface area contributed by atoms with Crippen LogP contribution in [0.3, 0.4) is 0 Å². The van der Waals surface area contributed by atoms with E-state index in [-0.39, 0.29) is 0 Å². The molecule has 0 aromatic rings. The van der Waals surface area contributed by atoms with Gasteiger partial charge in [-0.15, -0.1) is 4.28 Å². The molecule has 0 aromatic carbocycles. The minimum Gasteiger partial charge on any atom is -0.366 e. The third-order valence-corrected chi connectivity index (χ3v) is 4.11. The Morgan fingerprint density at radius 1 is 1.32 bits per heavy atom. The Morgan fingerprint density at radius 3 is 2.00 bits per heavy atom. The molecule has 0 radical (unpaired) electrons. The average molecular weight is 292 g/mol. The van der Waals surface area contributed by atoms with Crippen LogP contribution in [0.5, 0.6) is 0 Å². The van der Waals surface area contributed by atoms with Crippen LogP contribution in [0.1, 0.15) is 27.2 Å². The Kier molecular flexibility index (Phi) is 8.73. The summed E-state index contributed by atoms with van der Waals surface area (Å²) in [6.07, 6.45) is 2.37. The summed E-state index contributed by atoms with van der Waals surface area (Å²) in [5, 5.41) is 0. The predicted molar refractivity (Wildman–Crippen MR) is 72.1 cm³/mol. The van der Waals surface area contributed by atoms with Gasteiger partial charge >= 0.3 is 0 Å². The first-order valence-electron chi connectivity index (χ1n) is 5.31. The fraction of sp³-hybridized carbons (Fsp3) is 0.455. The SMILES string of the molecule is C=CC(=O)NOS(=O)(=O)C(C)(C)CC.C=CC(N)=O. The first-order valence-corrected chi connectivity index (χ1v) is 6.72. The summed E-state index contributed by atoms with van der Waals surface area (Å²) < 4.78 is 26.2. The van der Waals surface area contributed by atoms with Crippen molar-refractivity contribution in [1.29, 1.82) is 0 Å². The van der Waals surface area contributed by atoms with E-state index in [1.165, 1.54) is 13.8 Å². The fourth-order valence-corrected chi connectivity index (χ4v) is 1.20. The minimum atomic E-state index is -3.79. The van der Waals surface area contributed by atoms with Crippen molar-refractivity contribution in [3.63, 3.8) is 0 Å². The lowest BCUT2D eigenvalue weighted by Crippen LogP contribution is -2.37. The van der Waals surface area contributed by atoms with Gasteiger partial charge < -0.3 is 5.73 Å². The minimum absolute atomic E-state index is 0.388. The third kappa shape index (κ3) is 8.11. The van der Waals surface area contributed by atoms with E-state index in [9.17, 15) is 18.0 Å². The maximum absolute atomic E-state index is 11.4. The summed E-state index contributed by atoms with van der Waals surface area (Å²) in [5.41, 5.74) is 6.30. The molecular formula is C11H20N2O5S. The van der Waals surface area contributed by atoms with E-state index in [4.69, 9.17) is 0 Å². The number of carbonyl (C=O) groups is 2. The lowest BCUT2D eigenvalue weighted by atomic mass is 10.1. The summed E-state index contributed by atoms with van der Waals surface area (Å²) >= 11 is 0. The number of rotatable bonds is 6. The normalized spacial score (nSPS) is 10.7. The topological polar surface area (TPSA) is 116 Å². The van der Waals surface area contributed by atoms with Gasteiger partial charge in [0.2, 0.25) is 5.91 Å². The van der Waals surface area contributed by atoms with Crippen LogP contribution in [0.4, 0.5) is 0 Å². The molecule has 0 aliphatic carbocycles. The first kappa shape index (κ1) is 19.7. The highest BCUT2D eigenvalue weighted by atomic mass is 32.2. The van der Waals surface area contributed by atoms with Gasteiger partial charge in [-0.1, -0.05) is 20.1 Å². The first-order chi connectivity index (χ1) is 8.54. The molecule has 0 unspecified atom stereocenters. The number of hydroxylamine groups is 1. The lowest BCUT2D eigenvalue weighted by molar-refractivity contribution is -0.122. The lowest BCUT2D eigenvalue weighted by Gasteiger charge is -2.21. The molecule has 8 heteroatoms. The number of primary amides is 1. The standard InChI is InChI=1S/C8H15NO4S.C3H5NO/c1-5-7(10)9-13-14(11,12)8(3,4)6-2;1-2-3(4)5/h5H,1,6H2,2-4H3,(H,9,10);2H,1H2,(H2,4,5). The molecule has 0 aliphatic heterocycles. The predicted octanol–water partition coefficient (Wildman–Crippen LogP) is 0.396. The van der Waals surface area contributed by atoms with Crippen molar-refractivity contribution in [1.82, 2.24) is 5.48 Å². The van der Waals surface area contributed by atoms with Crippen LogP contribution in [-0.4, -0.2) is 25.0 Å². The number of amides is 2. The summed E-state index contributed by atoms with van der Waals surface area (Å²) in [5.74, 6) is -1.18. The molecule has 110 valence electrons. The molecule has 3 N–H and O–H groups in total. The number of hydrogen-bond acceptors (Lipinski definition) is 5. The zero-order valence-corrected chi connectivity index (χ0v) is 12.1. The van der Waals surface area contributed by atoms with Gasteiger partial charge in [0.15, 0.2) is 0 Å². The Labute approximate surface area is 113 Å². The number of nitrogens with one attached hydrogen (secondary N) is 1. The second-order valence-corrected chi connectivity index (χ2v) is 6.11. The van der Waals surface area contributed by atoms with Gasteiger partial charge in [0.1, 0.15) is 0 Å². The van der Waals surface area contributed by atoms with Crippen molar-refractivity contribution in [3.8, 4) is 0 Å². The smallest absolute Gasteiger partial charge is 0.293 e. The van der Waals surface area contributed by atoms with Crippen LogP contribution in [0.25, 0.3) is 0 Å². The number of nitrogens with two attached hydrogens (primary N) is 1. The van der Waals surface area contributed by atoms with E-state index in [0.29, 0.717) is 6.42 Å². The van der Waals surface area contributed by atoms with E-state index in [2.05, 4.69) is 23.2 Å². The average Bonchev–Trinajstić information content (AvgIpc) is 2.36. The van der Waals surface area contributed by atoms with Gasteiger partial charge in [-0.05, 0) is 32.4 Å². The molecule has 0 spiro atoms. The molecular weight excluding hydrogens is 272 g/mol. The Bertz CT molecular complexity index is 440. The van der Waals surface area contributed by atoms with Crippen LogP contribution in [0, 0.1) is 0 Å². The van der Waals surface area contributed by atoms with Crippen molar-refractivity contribution in [2.75, 3.05) is 0 Å². The molecule has 0 aromatic heterocycles. The maximum Gasteiger partial charge on any atom is 0.293 e. The van der Waals surface area contributed by atoms with Crippen molar-refractivity contribution in [2.24, 2.45) is 5.73 Å². The van der Waals surface area contributed by atoms with E-state index in [0.717, 1.165) is 12.2 Å². The summed E-state index contributed by atoms with van der Waals surface area (Å²) in [6.45, 7) is 11.0. The van der Waals surface area contributed by atoms with Gasteiger partial charge in [0.05, 0.1) is 4.75 Å². The molecule has 7 nitrogen and oxygen atoms in total. The van der Waals surface area contributed by atoms with Gasteiger partial charge in [-0.3, -0.25) is 9.59 Å². The molecule has 0 saturated heterocycles. The number of hydrogen-bond donors (Lipinski definition) is 2. The van der Waals surface area contributed by atoms with Crippen LogP contribution in [-0.2, 0) is 24.0 Å². The number of carbonyl (C=O) groups excluding carboxylic acids is 2. The third-order valence-electron chi connectivity index (χ3n) is 2.17. The molecule has 0 saturated carbocycles. The summed E-state index contributed by atoms with van der Waals surface area (Å²) in [7, 11) is -3.79. The van der Waals surface area contributed by atoms with E-state index < -0.39 is 26.7 Å².